The maximum atomic E-state index is 5.49. The number of hydrogen-bond acceptors (Lipinski definition) is 8. The van der Waals surface area contributed by atoms with E-state index in [0.717, 1.165) is 49.4 Å². The Bertz CT molecular complexity index is 942. The summed E-state index contributed by atoms with van der Waals surface area (Å²) in [6, 6.07) is 15.0. The van der Waals surface area contributed by atoms with Crippen LogP contribution in [0.5, 0.6) is 11.5 Å². The Kier molecular flexibility index (Phi) is 5.47. The molecule has 1 aromatic heterocycles. The zero-order valence-electron chi connectivity index (χ0n) is 15.9. The second-order valence-corrected chi connectivity index (χ2v) is 8.76. The fourth-order valence-electron chi connectivity index (χ4n) is 3.56. The molecule has 150 valence electrons. The van der Waals surface area contributed by atoms with Gasteiger partial charge in [0.1, 0.15) is 0 Å². The van der Waals surface area contributed by atoms with Crippen molar-refractivity contribution in [2.24, 2.45) is 0 Å². The van der Waals surface area contributed by atoms with Crippen molar-refractivity contribution < 1.29 is 9.47 Å². The number of ether oxygens (including phenoxy) is 2. The van der Waals surface area contributed by atoms with Gasteiger partial charge in [-0.05, 0) is 53.9 Å². The molecule has 1 saturated heterocycles. The number of anilines is 2. The first kappa shape index (κ1) is 18.6. The van der Waals surface area contributed by atoms with E-state index in [4.69, 9.17) is 9.47 Å². The van der Waals surface area contributed by atoms with Gasteiger partial charge in [-0.1, -0.05) is 6.07 Å². The van der Waals surface area contributed by atoms with Crippen LogP contribution in [0.3, 0.4) is 0 Å². The molecule has 2 aliphatic heterocycles. The van der Waals surface area contributed by atoms with Crippen LogP contribution in [0.25, 0.3) is 0 Å². The molecule has 29 heavy (non-hydrogen) atoms. The van der Waals surface area contributed by atoms with Crippen molar-refractivity contribution in [1.29, 1.82) is 0 Å². The Morgan fingerprint density at radius 3 is 2.62 bits per heavy atom. The highest BCUT2D eigenvalue weighted by atomic mass is 32.2. The minimum atomic E-state index is 0.329. The second kappa shape index (κ2) is 8.52. The number of fused-ring (bicyclic) bond motifs is 1. The molecule has 2 aliphatic rings. The van der Waals surface area contributed by atoms with Crippen LogP contribution < -0.4 is 19.1 Å². The van der Waals surface area contributed by atoms with Gasteiger partial charge in [0.15, 0.2) is 16.6 Å². The van der Waals surface area contributed by atoms with Crippen molar-refractivity contribution in [1.82, 2.24) is 9.88 Å². The monoisotopic (exact) mass is 426 g/mol. The van der Waals surface area contributed by atoms with Crippen LogP contribution in [0.1, 0.15) is 5.56 Å². The molecule has 8 heteroatoms. The zero-order chi connectivity index (χ0) is 19.5. The lowest BCUT2D eigenvalue weighted by Gasteiger charge is -2.36. The molecule has 6 nitrogen and oxygen atoms in total. The van der Waals surface area contributed by atoms with Crippen molar-refractivity contribution in [3.63, 3.8) is 0 Å². The molecule has 1 fully saturated rings. The van der Waals surface area contributed by atoms with Crippen LogP contribution in [0.15, 0.2) is 58.9 Å². The van der Waals surface area contributed by atoms with E-state index in [-0.39, 0.29) is 0 Å². The Labute approximate surface area is 178 Å². The molecular weight excluding hydrogens is 404 g/mol. The van der Waals surface area contributed by atoms with Crippen LogP contribution in [-0.4, -0.2) is 42.9 Å². The molecule has 0 atom stereocenters. The molecule has 0 aliphatic carbocycles. The summed E-state index contributed by atoms with van der Waals surface area (Å²) in [5.74, 6) is 1.71. The van der Waals surface area contributed by atoms with Crippen molar-refractivity contribution in [3.05, 3.63) is 59.6 Å². The lowest BCUT2D eigenvalue weighted by Crippen LogP contribution is -2.45. The Balaban J connectivity index is 1.12. The van der Waals surface area contributed by atoms with Gasteiger partial charge < -0.3 is 19.1 Å². The average Bonchev–Trinajstić information content (AvgIpc) is 3.45. The highest BCUT2D eigenvalue weighted by Gasteiger charge is 2.19. The number of nitrogens with one attached hydrogen (secondary N) is 1. The first-order chi connectivity index (χ1) is 14.3. The van der Waals surface area contributed by atoms with Crippen LogP contribution >= 0.6 is 23.3 Å². The van der Waals surface area contributed by atoms with Crippen molar-refractivity contribution in [2.45, 2.75) is 11.4 Å². The maximum absolute atomic E-state index is 5.49. The number of thiazole rings is 1. The van der Waals surface area contributed by atoms with Gasteiger partial charge in [0.2, 0.25) is 6.79 Å². The van der Waals surface area contributed by atoms with E-state index in [1.54, 1.807) is 23.3 Å². The standard InChI is InChI=1S/C21H22N4O2S2/c1-6-19-20(27-15-26-19)13-16(1)14-24-8-10-25(11-9-24)17-2-4-18(5-3-17)29-23-21-22-7-12-28-21/h1-7,12-13H,8-11,14-15H2,(H,22,23). The predicted octanol–water partition coefficient (Wildman–Crippen LogP) is 4.31. The third kappa shape index (κ3) is 4.44. The highest BCUT2D eigenvalue weighted by Crippen LogP contribution is 2.33. The van der Waals surface area contributed by atoms with Gasteiger partial charge >= 0.3 is 0 Å². The van der Waals surface area contributed by atoms with E-state index in [1.165, 1.54) is 16.1 Å². The Morgan fingerprint density at radius 2 is 1.83 bits per heavy atom. The van der Waals surface area contributed by atoms with Crippen LogP contribution in [0.2, 0.25) is 0 Å². The topological polar surface area (TPSA) is 49.9 Å². The molecule has 5 rings (SSSR count). The summed E-state index contributed by atoms with van der Waals surface area (Å²) < 4.78 is 14.2. The van der Waals surface area contributed by atoms with Crippen LogP contribution in [0.4, 0.5) is 10.8 Å². The number of rotatable bonds is 6. The molecule has 3 aromatic rings. The summed E-state index contributed by atoms with van der Waals surface area (Å²) in [6.07, 6.45) is 1.81. The summed E-state index contributed by atoms with van der Waals surface area (Å²) in [5.41, 5.74) is 2.56. The minimum Gasteiger partial charge on any atom is -0.454 e. The van der Waals surface area contributed by atoms with Gasteiger partial charge in [0, 0.05) is 54.9 Å². The fraction of sp³-hybridized carbons (Fsp3) is 0.286. The summed E-state index contributed by atoms with van der Waals surface area (Å²) in [4.78, 5) is 10.4. The lowest BCUT2D eigenvalue weighted by molar-refractivity contribution is 0.174. The quantitative estimate of drug-likeness (QED) is 0.589. The van der Waals surface area contributed by atoms with E-state index in [1.807, 2.05) is 17.6 Å². The van der Waals surface area contributed by atoms with E-state index in [0.29, 0.717) is 6.79 Å². The van der Waals surface area contributed by atoms with Crippen molar-refractivity contribution in [2.75, 3.05) is 42.6 Å². The predicted molar refractivity (Wildman–Crippen MR) is 118 cm³/mol. The molecule has 0 unspecified atom stereocenters. The van der Waals surface area contributed by atoms with E-state index in [2.05, 4.69) is 55.9 Å². The van der Waals surface area contributed by atoms with Gasteiger partial charge in [0.25, 0.3) is 0 Å². The Morgan fingerprint density at radius 1 is 1.00 bits per heavy atom. The zero-order valence-corrected chi connectivity index (χ0v) is 17.5. The number of aromatic nitrogens is 1. The number of benzene rings is 2. The first-order valence-corrected chi connectivity index (χ1v) is 11.3. The summed E-state index contributed by atoms with van der Waals surface area (Å²) in [6.45, 7) is 5.45. The average molecular weight is 427 g/mol. The molecule has 0 saturated carbocycles. The van der Waals surface area contributed by atoms with Gasteiger partial charge in [-0.25, -0.2) is 4.98 Å². The fourth-order valence-corrected chi connectivity index (χ4v) is 4.78. The summed E-state index contributed by atoms with van der Waals surface area (Å²) >= 11 is 3.20. The molecule has 0 amide bonds. The largest absolute Gasteiger partial charge is 0.454 e. The molecule has 0 spiro atoms. The smallest absolute Gasteiger partial charge is 0.231 e. The molecule has 1 N–H and O–H groups in total. The molecule has 0 radical (unpaired) electrons. The molecule has 0 bridgehead atoms. The van der Waals surface area contributed by atoms with Gasteiger partial charge in [-0.2, -0.15) is 0 Å². The van der Waals surface area contributed by atoms with E-state index < -0.39 is 0 Å². The normalized spacial score (nSPS) is 16.2. The number of hydrogen-bond donors (Lipinski definition) is 1. The number of nitrogens with zero attached hydrogens (tertiary/aromatic N) is 3. The highest BCUT2D eigenvalue weighted by molar-refractivity contribution is 8.00. The van der Waals surface area contributed by atoms with Gasteiger partial charge in [0.05, 0.1) is 0 Å². The Hall–Kier alpha value is -2.42. The van der Waals surface area contributed by atoms with Gasteiger partial charge in [-0.3, -0.25) is 4.90 Å². The molecule has 3 heterocycles. The SMILES string of the molecule is c1csc(NSc2ccc(N3CCN(Cc4ccc5c(c4)OCO5)CC3)cc2)n1. The number of piperazine rings is 1. The van der Waals surface area contributed by atoms with E-state index >= 15 is 0 Å². The van der Waals surface area contributed by atoms with Crippen LogP contribution in [0, 0.1) is 0 Å². The second-order valence-electron chi connectivity index (χ2n) is 6.99. The van der Waals surface area contributed by atoms with Crippen LogP contribution in [-0.2, 0) is 6.54 Å². The van der Waals surface area contributed by atoms with Crippen molar-refractivity contribution >= 4 is 34.1 Å². The minimum absolute atomic E-state index is 0.329. The first-order valence-electron chi connectivity index (χ1n) is 9.62. The van der Waals surface area contributed by atoms with E-state index in [9.17, 15) is 0 Å². The molecule has 2 aromatic carbocycles. The van der Waals surface area contributed by atoms with Crippen molar-refractivity contribution in [3.8, 4) is 11.5 Å². The van der Waals surface area contributed by atoms with Gasteiger partial charge in [-0.15, -0.1) is 11.3 Å². The summed E-state index contributed by atoms with van der Waals surface area (Å²) in [5, 5.41) is 2.90. The molecular formula is C21H22N4O2S2. The summed E-state index contributed by atoms with van der Waals surface area (Å²) in [7, 11) is 0. The lowest BCUT2D eigenvalue weighted by atomic mass is 10.1. The maximum Gasteiger partial charge on any atom is 0.231 e. The third-order valence-corrected chi connectivity index (χ3v) is 6.73. The third-order valence-electron chi connectivity index (χ3n) is 5.11.